The number of aliphatic carboxylic acids is 1. The van der Waals surface area contributed by atoms with Crippen LogP contribution >= 0.6 is 23.2 Å². The first kappa shape index (κ1) is 61.2. The molecule has 2 aromatic carbocycles. The number of anilines is 1. The van der Waals surface area contributed by atoms with E-state index in [-0.39, 0.29) is 93.4 Å². The third kappa shape index (κ3) is 13.8. The van der Waals surface area contributed by atoms with Crippen molar-refractivity contribution in [1.82, 2.24) is 38.5 Å². The van der Waals surface area contributed by atoms with Gasteiger partial charge in [-0.1, -0.05) is 88.0 Å². The number of rotatable bonds is 19. The van der Waals surface area contributed by atoms with E-state index >= 15 is 4.79 Å². The lowest BCUT2D eigenvalue weighted by atomic mass is 9.66. The molecule has 3 aromatic heterocycles. The van der Waals surface area contributed by atoms with E-state index in [0.717, 1.165) is 48.2 Å². The summed E-state index contributed by atoms with van der Waals surface area (Å²) in [6, 6.07) is 16.7. The van der Waals surface area contributed by atoms with Gasteiger partial charge in [0.05, 0.1) is 79.6 Å². The third-order valence-corrected chi connectivity index (χ3v) is 19.6. The first-order valence-corrected chi connectivity index (χ1v) is 31.1. The lowest BCUT2D eigenvalue weighted by Gasteiger charge is -2.54. The SMILES string of the molecule is CC(=O)c1c(C)c2cnc(Cc3ccc(N4CCN(C(=O)CCOCCC(=O)N5CCN(S(=O)(=O)C[C@@H](N6C(=O)[C@@](C)(CC(=O)O)C[C@H](c7cccc(Cl)c7)[C@H]6c6ccc(Cl)cc6)C(C)(C)C)CC5)CC4)cn3)nc2n(C2CCCC2)c1=O. The number of likely N-dealkylation sites (tertiary alicyclic amines) is 1. The number of halogens is 2. The largest absolute Gasteiger partial charge is 0.481 e. The average Bonchev–Trinajstić information content (AvgIpc) is 1.88. The molecule has 19 nitrogen and oxygen atoms in total. The number of aryl methyl sites for hydroxylation is 1. The van der Waals surface area contributed by atoms with E-state index in [4.69, 9.17) is 37.9 Å². The maximum absolute atomic E-state index is 15.1. The zero-order chi connectivity index (χ0) is 59.5. The minimum absolute atomic E-state index is 0.00973. The first-order valence-electron chi connectivity index (χ1n) is 28.7. The molecule has 5 aromatic rings. The minimum Gasteiger partial charge on any atom is -0.481 e. The number of Topliss-reactive ketones (excluding diaryl/α,β-unsaturated/α-hetero) is 1. The molecule has 83 heavy (non-hydrogen) atoms. The molecule has 0 unspecified atom stereocenters. The van der Waals surface area contributed by atoms with Gasteiger partial charge < -0.3 is 29.4 Å². The Labute approximate surface area is 495 Å². The number of fused-ring (bicyclic) bond motifs is 1. The molecular formula is C61H75Cl2N9O10S. The molecule has 3 saturated heterocycles. The summed E-state index contributed by atoms with van der Waals surface area (Å²) < 4.78 is 38.1. The van der Waals surface area contributed by atoms with E-state index in [1.807, 2.05) is 74.3 Å². The second kappa shape index (κ2) is 25.5. The summed E-state index contributed by atoms with van der Waals surface area (Å²) in [4.78, 5) is 102. The Kier molecular flexibility index (Phi) is 18.8. The lowest BCUT2D eigenvalue weighted by Crippen LogP contribution is -2.61. The smallest absolute Gasteiger partial charge is 0.304 e. The Morgan fingerprint density at radius 3 is 2.04 bits per heavy atom. The van der Waals surface area contributed by atoms with E-state index in [9.17, 15) is 37.5 Å². The number of carbonyl (C=O) groups excluding carboxylic acids is 4. The van der Waals surface area contributed by atoms with Crippen LogP contribution < -0.4 is 10.5 Å². The highest BCUT2D eigenvalue weighted by molar-refractivity contribution is 7.89. The molecule has 1 aliphatic carbocycles. The fourth-order valence-corrected chi connectivity index (χ4v) is 15.0. The Hall–Kier alpha value is -6.32. The van der Waals surface area contributed by atoms with Crippen LogP contribution in [0.5, 0.6) is 0 Å². The number of piperazine rings is 2. The lowest BCUT2D eigenvalue weighted by molar-refractivity contribution is -0.162. The highest BCUT2D eigenvalue weighted by atomic mass is 35.5. The summed E-state index contributed by atoms with van der Waals surface area (Å²) in [5.41, 5.74) is 2.07. The van der Waals surface area contributed by atoms with Gasteiger partial charge in [-0.25, -0.2) is 18.4 Å². The molecule has 4 atom stereocenters. The van der Waals surface area contributed by atoms with Crippen molar-refractivity contribution in [2.45, 2.75) is 123 Å². The molecule has 1 saturated carbocycles. The summed E-state index contributed by atoms with van der Waals surface area (Å²) in [5, 5.41) is 11.8. The van der Waals surface area contributed by atoms with Crippen molar-refractivity contribution in [3.63, 3.8) is 0 Å². The summed E-state index contributed by atoms with van der Waals surface area (Å²) in [7, 11) is -4.07. The second-order valence-corrected chi connectivity index (χ2v) is 26.9. The van der Waals surface area contributed by atoms with E-state index in [1.165, 1.54) is 11.2 Å². The van der Waals surface area contributed by atoms with Gasteiger partial charge in [-0.05, 0) is 91.6 Å². The van der Waals surface area contributed by atoms with Gasteiger partial charge in [-0.2, -0.15) is 4.31 Å². The Bertz CT molecular complexity index is 3410. The van der Waals surface area contributed by atoms with Crippen LogP contribution in [0.25, 0.3) is 11.0 Å². The number of aromatic nitrogens is 4. The summed E-state index contributed by atoms with van der Waals surface area (Å²) in [6.07, 6.45) is 7.58. The number of carbonyl (C=O) groups is 5. The number of nitrogens with zero attached hydrogens (tertiary/aromatic N) is 9. The molecule has 4 fully saturated rings. The van der Waals surface area contributed by atoms with Crippen molar-refractivity contribution < 1.29 is 42.2 Å². The van der Waals surface area contributed by atoms with Crippen LogP contribution in [-0.4, -0.2) is 159 Å². The van der Waals surface area contributed by atoms with Crippen LogP contribution in [-0.2, 0) is 40.4 Å². The molecule has 9 rings (SSSR count). The number of amides is 3. The van der Waals surface area contributed by atoms with E-state index < -0.39 is 62.9 Å². The number of hydrogen-bond acceptors (Lipinski definition) is 13. The number of ketones is 1. The molecule has 4 aliphatic rings. The number of benzene rings is 2. The molecule has 3 amide bonds. The zero-order valence-electron chi connectivity index (χ0n) is 48.2. The van der Waals surface area contributed by atoms with Crippen LogP contribution in [0.1, 0.15) is 143 Å². The van der Waals surface area contributed by atoms with Crippen LogP contribution in [0.15, 0.2) is 77.9 Å². The number of carboxylic acids is 1. The molecule has 1 N–H and O–H groups in total. The number of carboxylic acid groups (broad SMARTS) is 1. The standard InChI is InChI=1S/C61H75Cl2N9O10S/c1-39-49-37-65-51(66-57(49)71(46-12-7-8-13-46)58(78)55(39)40(2)73)33-45-18-19-47(36-64-45)67-22-24-68(25-23-67)52(74)20-30-82-31-21-53(75)69-26-28-70(29-27-69)83(80,81)38-50(60(3,4)5)72-56(41-14-16-43(62)17-15-41)48(42-10-9-11-44(63)32-42)34-61(6,59(72)79)35-54(76)77/h9-11,14-19,32,36-37,46,48,50,56H,7-8,12-13,20-31,33-35,38H2,1-6H3,(H,76,77)/t48-,50-,56-,61-/m1/s1. The van der Waals surface area contributed by atoms with Crippen LogP contribution in [0.4, 0.5) is 5.69 Å². The number of piperidine rings is 1. The van der Waals surface area contributed by atoms with E-state index in [2.05, 4.69) is 9.88 Å². The van der Waals surface area contributed by atoms with Crippen molar-refractivity contribution in [2.75, 3.05) is 76.2 Å². The number of hydrogen-bond donors (Lipinski definition) is 1. The van der Waals surface area contributed by atoms with Crippen molar-refractivity contribution in [3.05, 3.63) is 127 Å². The fraction of sp³-hybridized carbons (Fsp3) is 0.525. The highest BCUT2D eigenvalue weighted by Crippen LogP contribution is 2.53. The summed E-state index contributed by atoms with van der Waals surface area (Å²) >= 11 is 12.9. The number of sulfonamides is 1. The second-order valence-electron chi connectivity index (χ2n) is 24.0. The highest BCUT2D eigenvalue weighted by Gasteiger charge is 2.55. The van der Waals surface area contributed by atoms with Crippen LogP contribution in [0, 0.1) is 17.8 Å². The van der Waals surface area contributed by atoms with Gasteiger partial charge in [-0.15, -0.1) is 0 Å². The van der Waals surface area contributed by atoms with Gasteiger partial charge >= 0.3 is 5.97 Å². The average molecular weight is 1200 g/mol. The van der Waals surface area contributed by atoms with Gasteiger partial charge in [-0.3, -0.25) is 38.3 Å². The van der Waals surface area contributed by atoms with Gasteiger partial charge in [0.2, 0.25) is 27.7 Å². The van der Waals surface area contributed by atoms with Gasteiger partial charge in [0, 0.05) is 91.6 Å². The normalized spacial score (nSPS) is 20.7. The number of ether oxygens (including phenoxy) is 1. The van der Waals surface area contributed by atoms with Crippen LogP contribution in [0.3, 0.4) is 0 Å². The van der Waals surface area contributed by atoms with Gasteiger partial charge in [0.15, 0.2) is 5.78 Å². The Morgan fingerprint density at radius 2 is 1.46 bits per heavy atom. The van der Waals surface area contributed by atoms with Gasteiger partial charge in [0.25, 0.3) is 5.56 Å². The Morgan fingerprint density at radius 1 is 0.819 bits per heavy atom. The minimum atomic E-state index is -4.07. The molecule has 0 spiro atoms. The molecule has 22 heteroatoms. The van der Waals surface area contributed by atoms with Crippen LogP contribution in [0.2, 0.25) is 10.0 Å². The topological polar surface area (TPSA) is 226 Å². The fourth-order valence-electron chi connectivity index (χ4n) is 12.7. The quantitative estimate of drug-likeness (QED) is 0.0607. The zero-order valence-corrected chi connectivity index (χ0v) is 50.5. The molecule has 0 bridgehead atoms. The van der Waals surface area contributed by atoms with Crippen molar-refractivity contribution in [1.29, 1.82) is 0 Å². The van der Waals surface area contributed by atoms with Crippen molar-refractivity contribution in [2.24, 2.45) is 10.8 Å². The predicted octanol–water partition coefficient (Wildman–Crippen LogP) is 8.28. The third-order valence-electron chi connectivity index (χ3n) is 17.2. The number of pyridine rings is 2. The Balaban J connectivity index is 0.743. The summed E-state index contributed by atoms with van der Waals surface area (Å²) in [5.74, 6) is -2.46. The van der Waals surface area contributed by atoms with Gasteiger partial charge in [0.1, 0.15) is 11.5 Å². The molecule has 444 valence electrons. The van der Waals surface area contributed by atoms with Crippen molar-refractivity contribution in [3.8, 4) is 0 Å². The van der Waals surface area contributed by atoms with E-state index in [1.54, 1.807) is 52.6 Å². The maximum Gasteiger partial charge on any atom is 0.304 e. The molecule has 3 aliphatic heterocycles. The molecular weight excluding hydrogens is 1120 g/mol. The van der Waals surface area contributed by atoms with Crippen molar-refractivity contribution >= 4 is 79.4 Å². The predicted molar refractivity (Wildman–Crippen MR) is 317 cm³/mol. The molecule has 0 radical (unpaired) electrons. The molecule has 6 heterocycles. The monoisotopic (exact) mass is 1200 g/mol. The first-order chi connectivity index (χ1) is 39.4. The summed E-state index contributed by atoms with van der Waals surface area (Å²) in [6.45, 7) is 13.4. The maximum atomic E-state index is 15.1. The van der Waals surface area contributed by atoms with E-state index in [0.29, 0.717) is 65.1 Å².